The van der Waals surface area contributed by atoms with Gasteiger partial charge in [-0.2, -0.15) is 18.3 Å². The number of carbonyl (C=O) groups is 1. The summed E-state index contributed by atoms with van der Waals surface area (Å²) in [4.78, 5) is 11.5. The van der Waals surface area contributed by atoms with Crippen LogP contribution >= 0.6 is 0 Å². The number of nitrogens with two attached hydrogens (primary N) is 1. The quantitative estimate of drug-likeness (QED) is 0.595. The summed E-state index contributed by atoms with van der Waals surface area (Å²) in [5, 5.41) is 5.11. The van der Waals surface area contributed by atoms with Gasteiger partial charge in [-0.15, -0.1) is 0 Å². The lowest BCUT2D eigenvalue weighted by atomic mass is 10.1. The predicted octanol–water partition coefficient (Wildman–Crippen LogP) is 3.63. The Bertz CT molecular complexity index is 1150. The van der Waals surface area contributed by atoms with E-state index >= 15 is 0 Å². The molecule has 0 spiro atoms. The standard InChI is InChI=1S/C18H13F3N4O/c1-24-9-15-16(23-24)13-8-10(17(22)26)2-7-14(13)25(15)12-5-3-11(4-6-12)18(19,20)21/h2-9H,1H3,(H2,22,26). The molecule has 8 heteroatoms. The van der Waals surface area contributed by atoms with Gasteiger partial charge in [-0.05, 0) is 42.5 Å². The van der Waals surface area contributed by atoms with Crippen LogP contribution in [-0.2, 0) is 13.2 Å². The zero-order valence-electron chi connectivity index (χ0n) is 13.6. The van der Waals surface area contributed by atoms with E-state index in [9.17, 15) is 18.0 Å². The van der Waals surface area contributed by atoms with E-state index in [1.807, 2.05) is 4.57 Å². The Morgan fingerprint density at radius 1 is 1.08 bits per heavy atom. The molecule has 0 aliphatic heterocycles. The van der Waals surface area contributed by atoms with Crippen molar-refractivity contribution in [3.63, 3.8) is 0 Å². The van der Waals surface area contributed by atoms with Crippen LogP contribution in [0.25, 0.3) is 27.6 Å². The number of rotatable bonds is 2. The van der Waals surface area contributed by atoms with Crippen LogP contribution in [0.15, 0.2) is 48.7 Å². The molecule has 0 radical (unpaired) electrons. The molecule has 0 aliphatic carbocycles. The smallest absolute Gasteiger partial charge is 0.366 e. The molecule has 2 N–H and O–H groups in total. The van der Waals surface area contributed by atoms with Crippen molar-refractivity contribution < 1.29 is 18.0 Å². The van der Waals surface area contributed by atoms with Gasteiger partial charge < -0.3 is 10.3 Å². The highest BCUT2D eigenvalue weighted by Crippen LogP contribution is 2.34. The van der Waals surface area contributed by atoms with Crippen molar-refractivity contribution in [2.75, 3.05) is 0 Å². The fourth-order valence-electron chi connectivity index (χ4n) is 3.11. The predicted molar refractivity (Wildman–Crippen MR) is 91.1 cm³/mol. The van der Waals surface area contributed by atoms with Crippen molar-refractivity contribution in [1.82, 2.24) is 14.3 Å². The van der Waals surface area contributed by atoms with Gasteiger partial charge in [0.15, 0.2) is 0 Å². The van der Waals surface area contributed by atoms with Gasteiger partial charge in [-0.3, -0.25) is 9.48 Å². The van der Waals surface area contributed by atoms with Crippen LogP contribution in [0.4, 0.5) is 13.2 Å². The molecule has 0 unspecified atom stereocenters. The van der Waals surface area contributed by atoms with Crippen LogP contribution in [0.1, 0.15) is 15.9 Å². The number of halogens is 3. The molecule has 0 aliphatic rings. The van der Waals surface area contributed by atoms with Crippen molar-refractivity contribution >= 4 is 27.8 Å². The third kappa shape index (κ3) is 2.42. The van der Waals surface area contributed by atoms with E-state index in [0.29, 0.717) is 22.2 Å². The van der Waals surface area contributed by atoms with Crippen LogP contribution in [0, 0.1) is 0 Å². The van der Waals surface area contributed by atoms with Gasteiger partial charge in [0.2, 0.25) is 5.91 Å². The Morgan fingerprint density at radius 3 is 2.38 bits per heavy atom. The molecule has 4 rings (SSSR count). The molecule has 1 amide bonds. The topological polar surface area (TPSA) is 65.8 Å². The molecule has 0 saturated carbocycles. The maximum absolute atomic E-state index is 12.8. The van der Waals surface area contributed by atoms with Crippen LogP contribution in [0.2, 0.25) is 0 Å². The van der Waals surface area contributed by atoms with Gasteiger partial charge >= 0.3 is 6.18 Å². The minimum Gasteiger partial charge on any atom is -0.366 e. The molecule has 0 atom stereocenters. The number of nitrogens with zero attached hydrogens (tertiary/aromatic N) is 3. The third-order valence-corrected chi connectivity index (χ3v) is 4.28. The number of hydrogen-bond donors (Lipinski definition) is 1. The number of hydrogen-bond acceptors (Lipinski definition) is 2. The third-order valence-electron chi connectivity index (χ3n) is 4.28. The molecule has 0 bridgehead atoms. The van der Waals surface area contributed by atoms with E-state index in [-0.39, 0.29) is 0 Å². The van der Waals surface area contributed by atoms with E-state index in [1.165, 1.54) is 12.1 Å². The van der Waals surface area contributed by atoms with Gasteiger partial charge in [0.05, 0.1) is 16.6 Å². The summed E-state index contributed by atoms with van der Waals surface area (Å²) in [6.07, 6.45) is -2.62. The number of primary amides is 1. The van der Waals surface area contributed by atoms with Gasteiger partial charge in [0.25, 0.3) is 0 Å². The maximum atomic E-state index is 12.8. The largest absolute Gasteiger partial charge is 0.416 e. The van der Waals surface area contributed by atoms with Gasteiger partial charge in [-0.1, -0.05) is 0 Å². The van der Waals surface area contributed by atoms with Crippen molar-refractivity contribution in [3.8, 4) is 5.69 Å². The first kappa shape index (κ1) is 16.2. The van der Waals surface area contributed by atoms with Crippen LogP contribution in [0.3, 0.4) is 0 Å². The summed E-state index contributed by atoms with van der Waals surface area (Å²) in [6, 6.07) is 9.86. The number of aryl methyl sites for hydroxylation is 1. The van der Waals surface area contributed by atoms with E-state index in [0.717, 1.165) is 23.2 Å². The Labute approximate surface area is 145 Å². The monoisotopic (exact) mass is 358 g/mol. The highest BCUT2D eigenvalue weighted by Gasteiger charge is 2.30. The number of benzene rings is 2. The fraction of sp³-hybridized carbons (Fsp3) is 0.111. The van der Waals surface area contributed by atoms with Crippen LogP contribution < -0.4 is 5.73 Å². The van der Waals surface area contributed by atoms with Crippen LogP contribution in [0.5, 0.6) is 0 Å². The zero-order chi connectivity index (χ0) is 18.6. The summed E-state index contributed by atoms with van der Waals surface area (Å²) in [7, 11) is 1.75. The molecule has 2 heterocycles. The average Bonchev–Trinajstić information content (AvgIpc) is 3.08. The molecule has 0 fully saturated rings. The Kier molecular flexibility index (Phi) is 3.33. The summed E-state index contributed by atoms with van der Waals surface area (Å²) in [5.41, 5.74) is 7.65. The lowest BCUT2D eigenvalue weighted by Gasteiger charge is -2.10. The number of aromatic nitrogens is 3. The molecule has 2 aromatic carbocycles. The Morgan fingerprint density at radius 2 is 1.77 bits per heavy atom. The van der Waals surface area contributed by atoms with E-state index < -0.39 is 17.6 Å². The van der Waals surface area contributed by atoms with E-state index in [1.54, 1.807) is 36.1 Å². The molecule has 132 valence electrons. The first-order valence-corrected chi connectivity index (χ1v) is 7.71. The van der Waals surface area contributed by atoms with E-state index in [2.05, 4.69) is 5.10 Å². The fourth-order valence-corrected chi connectivity index (χ4v) is 3.11. The maximum Gasteiger partial charge on any atom is 0.416 e. The molecule has 5 nitrogen and oxygen atoms in total. The van der Waals surface area contributed by atoms with E-state index in [4.69, 9.17) is 5.73 Å². The second kappa shape index (κ2) is 5.35. The molecule has 2 aromatic heterocycles. The molecule has 4 aromatic rings. The normalized spacial score (nSPS) is 12.2. The minimum absolute atomic E-state index is 0.342. The SMILES string of the molecule is Cn1cc2c(n1)c1cc(C(N)=O)ccc1n2-c1ccc(C(F)(F)F)cc1. The minimum atomic E-state index is -4.39. The van der Waals surface area contributed by atoms with Gasteiger partial charge in [0.1, 0.15) is 5.52 Å². The van der Waals surface area contributed by atoms with Gasteiger partial charge in [-0.25, -0.2) is 0 Å². The lowest BCUT2D eigenvalue weighted by molar-refractivity contribution is -0.137. The first-order chi connectivity index (χ1) is 12.3. The summed E-state index contributed by atoms with van der Waals surface area (Å²) < 4.78 is 41.9. The number of amides is 1. The molecule has 0 saturated heterocycles. The number of alkyl halides is 3. The Balaban J connectivity index is 2.00. The average molecular weight is 358 g/mol. The van der Waals surface area contributed by atoms with Crippen LogP contribution in [-0.4, -0.2) is 20.3 Å². The Hall–Kier alpha value is -3.29. The van der Waals surface area contributed by atoms with Crippen molar-refractivity contribution in [2.24, 2.45) is 12.8 Å². The van der Waals surface area contributed by atoms with Crippen molar-refractivity contribution in [2.45, 2.75) is 6.18 Å². The highest BCUT2D eigenvalue weighted by molar-refractivity contribution is 6.09. The summed E-state index contributed by atoms with van der Waals surface area (Å²) in [6.45, 7) is 0. The summed E-state index contributed by atoms with van der Waals surface area (Å²) in [5.74, 6) is -0.557. The highest BCUT2D eigenvalue weighted by atomic mass is 19.4. The number of carbonyl (C=O) groups excluding carboxylic acids is 1. The lowest BCUT2D eigenvalue weighted by Crippen LogP contribution is -2.10. The number of fused-ring (bicyclic) bond motifs is 3. The summed E-state index contributed by atoms with van der Waals surface area (Å²) >= 11 is 0. The van der Waals surface area contributed by atoms with Crippen molar-refractivity contribution in [1.29, 1.82) is 0 Å². The zero-order valence-corrected chi connectivity index (χ0v) is 13.6. The second-order valence-electron chi connectivity index (χ2n) is 6.01. The molecular formula is C18H13F3N4O. The second-order valence-corrected chi connectivity index (χ2v) is 6.01. The van der Waals surface area contributed by atoms with Crippen molar-refractivity contribution in [3.05, 3.63) is 59.8 Å². The molecular weight excluding hydrogens is 345 g/mol. The van der Waals surface area contributed by atoms with Gasteiger partial charge in [0, 0.05) is 29.9 Å². The first-order valence-electron chi connectivity index (χ1n) is 7.71. The molecule has 26 heavy (non-hydrogen) atoms.